The third-order valence-corrected chi connectivity index (χ3v) is 2.79. The van der Waals surface area contributed by atoms with E-state index in [2.05, 4.69) is 5.32 Å². The number of benzene rings is 2. The molecule has 19 heavy (non-hydrogen) atoms. The lowest BCUT2D eigenvalue weighted by atomic mass is 10.1. The predicted octanol–water partition coefficient (Wildman–Crippen LogP) is 3.40. The Labute approximate surface area is 111 Å². The summed E-state index contributed by atoms with van der Waals surface area (Å²) in [7, 11) is 1.51. The lowest BCUT2D eigenvalue weighted by Crippen LogP contribution is -2.14. The zero-order valence-electron chi connectivity index (χ0n) is 10.7. The molecule has 4 heteroatoms. The van der Waals surface area contributed by atoms with E-state index in [1.54, 1.807) is 43.3 Å². The normalized spacial score (nSPS) is 10.1. The van der Waals surface area contributed by atoms with E-state index in [4.69, 9.17) is 4.74 Å². The van der Waals surface area contributed by atoms with Crippen LogP contribution in [-0.2, 0) is 0 Å². The monoisotopic (exact) mass is 259 g/mol. The second-order valence-electron chi connectivity index (χ2n) is 4.09. The minimum Gasteiger partial charge on any atom is -0.495 e. The van der Waals surface area contributed by atoms with Crippen molar-refractivity contribution in [2.24, 2.45) is 0 Å². The molecule has 98 valence electrons. The van der Waals surface area contributed by atoms with E-state index in [1.165, 1.54) is 13.2 Å². The van der Waals surface area contributed by atoms with Crippen molar-refractivity contribution in [3.63, 3.8) is 0 Å². The Morgan fingerprint density at radius 3 is 2.63 bits per heavy atom. The Morgan fingerprint density at radius 2 is 1.89 bits per heavy atom. The minimum absolute atomic E-state index is 0.0194. The van der Waals surface area contributed by atoms with Crippen LogP contribution < -0.4 is 10.1 Å². The molecule has 2 aromatic rings. The Hall–Kier alpha value is -2.36. The molecule has 0 atom stereocenters. The fourth-order valence-electron chi connectivity index (χ4n) is 1.76. The molecule has 0 saturated carbocycles. The molecule has 0 fully saturated rings. The molecular weight excluding hydrogens is 245 g/mol. The number of ether oxygens (including phenoxy) is 1. The van der Waals surface area contributed by atoms with E-state index >= 15 is 0 Å². The van der Waals surface area contributed by atoms with Gasteiger partial charge in [0.25, 0.3) is 5.91 Å². The number of carbonyl (C=O) groups is 1. The summed E-state index contributed by atoms with van der Waals surface area (Å²) in [6.45, 7) is 1.62. The number of rotatable bonds is 3. The van der Waals surface area contributed by atoms with Gasteiger partial charge in [-0.05, 0) is 30.7 Å². The molecule has 0 saturated heterocycles. The van der Waals surface area contributed by atoms with Crippen LogP contribution in [0.2, 0.25) is 0 Å². The Morgan fingerprint density at radius 1 is 1.16 bits per heavy atom. The summed E-state index contributed by atoms with van der Waals surface area (Å²) >= 11 is 0. The number of nitrogens with one attached hydrogen (secondary N) is 1. The number of carbonyl (C=O) groups excluding carboxylic acids is 1. The van der Waals surface area contributed by atoms with Crippen LogP contribution in [0.3, 0.4) is 0 Å². The highest BCUT2D eigenvalue weighted by Gasteiger charge is 2.14. The summed E-state index contributed by atoms with van der Waals surface area (Å²) in [6, 6.07) is 11.7. The van der Waals surface area contributed by atoms with Crippen molar-refractivity contribution in [1.82, 2.24) is 0 Å². The van der Waals surface area contributed by atoms with Crippen molar-refractivity contribution in [3.05, 3.63) is 59.4 Å². The molecule has 3 nitrogen and oxygen atoms in total. The summed E-state index contributed by atoms with van der Waals surface area (Å²) < 4.78 is 19.0. The topological polar surface area (TPSA) is 38.3 Å². The number of amides is 1. The largest absolute Gasteiger partial charge is 0.495 e. The second-order valence-corrected chi connectivity index (χ2v) is 4.09. The zero-order chi connectivity index (χ0) is 13.8. The fraction of sp³-hybridized carbons (Fsp3) is 0.133. The van der Waals surface area contributed by atoms with Crippen molar-refractivity contribution >= 4 is 11.6 Å². The number of methoxy groups -OCH3 is 1. The van der Waals surface area contributed by atoms with Gasteiger partial charge in [0.15, 0.2) is 0 Å². The third kappa shape index (κ3) is 2.73. The van der Waals surface area contributed by atoms with Crippen LogP contribution in [0.15, 0.2) is 42.5 Å². The number of para-hydroxylation sites is 2. The first-order valence-corrected chi connectivity index (χ1v) is 5.83. The van der Waals surface area contributed by atoms with Gasteiger partial charge in [0.2, 0.25) is 0 Å². The highest BCUT2D eigenvalue weighted by atomic mass is 19.1. The van der Waals surface area contributed by atoms with E-state index in [1.807, 2.05) is 0 Å². The van der Waals surface area contributed by atoms with E-state index in [0.717, 1.165) is 0 Å². The van der Waals surface area contributed by atoms with E-state index in [-0.39, 0.29) is 5.56 Å². The second kappa shape index (κ2) is 5.52. The van der Waals surface area contributed by atoms with Crippen LogP contribution in [0.1, 0.15) is 15.9 Å². The fourth-order valence-corrected chi connectivity index (χ4v) is 1.76. The standard InChI is InChI=1S/C15H14FNO2/c1-10-6-5-7-11(14(10)16)15(18)17-12-8-3-4-9-13(12)19-2/h3-9H,1-2H3,(H,17,18). The summed E-state index contributed by atoms with van der Waals surface area (Å²) in [5.41, 5.74) is 0.967. The SMILES string of the molecule is COc1ccccc1NC(=O)c1cccc(C)c1F. The average molecular weight is 259 g/mol. The molecule has 0 aliphatic carbocycles. The summed E-state index contributed by atoms with van der Waals surface area (Å²) in [6.07, 6.45) is 0. The number of aryl methyl sites for hydroxylation is 1. The number of hydrogen-bond acceptors (Lipinski definition) is 2. The van der Waals surface area contributed by atoms with E-state index in [0.29, 0.717) is 17.0 Å². The van der Waals surface area contributed by atoms with Crippen molar-refractivity contribution in [1.29, 1.82) is 0 Å². The van der Waals surface area contributed by atoms with Crippen LogP contribution in [-0.4, -0.2) is 13.0 Å². The van der Waals surface area contributed by atoms with Gasteiger partial charge in [-0.15, -0.1) is 0 Å². The first-order valence-electron chi connectivity index (χ1n) is 5.83. The maximum Gasteiger partial charge on any atom is 0.258 e. The maximum absolute atomic E-state index is 13.8. The Kier molecular flexibility index (Phi) is 3.80. The van der Waals surface area contributed by atoms with Crippen LogP contribution in [0.5, 0.6) is 5.75 Å². The molecule has 0 spiro atoms. The molecule has 0 heterocycles. The van der Waals surface area contributed by atoms with Crippen LogP contribution in [0.25, 0.3) is 0 Å². The van der Waals surface area contributed by atoms with Gasteiger partial charge in [-0.2, -0.15) is 0 Å². The van der Waals surface area contributed by atoms with Crippen molar-refractivity contribution in [2.45, 2.75) is 6.92 Å². The maximum atomic E-state index is 13.8. The molecular formula is C15H14FNO2. The predicted molar refractivity (Wildman–Crippen MR) is 72.1 cm³/mol. The molecule has 1 N–H and O–H groups in total. The number of halogens is 1. The highest BCUT2D eigenvalue weighted by Crippen LogP contribution is 2.24. The molecule has 0 radical (unpaired) electrons. The smallest absolute Gasteiger partial charge is 0.258 e. The van der Waals surface area contributed by atoms with Gasteiger partial charge in [0.1, 0.15) is 11.6 Å². The van der Waals surface area contributed by atoms with Crippen LogP contribution in [0, 0.1) is 12.7 Å². The molecule has 2 aromatic carbocycles. The third-order valence-electron chi connectivity index (χ3n) is 2.79. The lowest BCUT2D eigenvalue weighted by Gasteiger charge is -2.10. The van der Waals surface area contributed by atoms with E-state index < -0.39 is 11.7 Å². The average Bonchev–Trinajstić information content (AvgIpc) is 2.42. The van der Waals surface area contributed by atoms with Crippen molar-refractivity contribution < 1.29 is 13.9 Å². The van der Waals surface area contributed by atoms with Gasteiger partial charge in [-0.25, -0.2) is 4.39 Å². The summed E-state index contributed by atoms with van der Waals surface area (Å²) in [4.78, 5) is 12.0. The van der Waals surface area contributed by atoms with Gasteiger partial charge in [-0.1, -0.05) is 24.3 Å². The van der Waals surface area contributed by atoms with E-state index in [9.17, 15) is 9.18 Å². The molecule has 0 aliphatic rings. The zero-order valence-corrected chi connectivity index (χ0v) is 10.7. The highest BCUT2D eigenvalue weighted by molar-refractivity contribution is 6.05. The van der Waals surface area contributed by atoms with Gasteiger partial charge in [0, 0.05) is 0 Å². The van der Waals surface area contributed by atoms with Crippen molar-refractivity contribution in [3.8, 4) is 5.75 Å². The van der Waals surface area contributed by atoms with Crippen LogP contribution in [0.4, 0.5) is 10.1 Å². The van der Waals surface area contributed by atoms with Crippen molar-refractivity contribution in [2.75, 3.05) is 12.4 Å². The van der Waals surface area contributed by atoms with Gasteiger partial charge in [-0.3, -0.25) is 4.79 Å². The van der Waals surface area contributed by atoms with Crippen LogP contribution >= 0.6 is 0 Å². The quantitative estimate of drug-likeness (QED) is 0.917. The summed E-state index contributed by atoms with van der Waals surface area (Å²) in [5, 5.41) is 2.64. The lowest BCUT2D eigenvalue weighted by molar-refractivity contribution is 0.102. The molecule has 0 bridgehead atoms. The molecule has 0 aliphatic heterocycles. The minimum atomic E-state index is -0.505. The van der Waals surface area contributed by atoms with Gasteiger partial charge in [0.05, 0.1) is 18.4 Å². The van der Waals surface area contributed by atoms with Gasteiger partial charge < -0.3 is 10.1 Å². The first kappa shape index (κ1) is 13.1. The molecule has 0 unspecified atom stereocenters. The molecule has 0 aromatic heterocycles. The Bertz CT molecular complexity index is 611. The first-order chi connectivity index (χ1) is 9.13. The molecule has 1 amide bonds. The Balaban J connectivity index is 2.28. The molecule has 2 rings (SSSR count). The van der Waals surface area contributed by atoms with Gasteiger partial charge >= 0.3 is 0 Å². The number of anilines is 1. The summed E-state index contributed by atoms with van der Waals surface area (Å²) in [5.74, 6) is -0.468. The number of hydrogen-bond donors (Lipinski definition) is 1.